The molecule has 0 saturated heterocycles. The van der Waals surface area contributed by atoms with Crippen LogP contribution in [0, 0.1) is 0 Å². The quantitative estimate of drug-likeness (QED) is 0.302. The van der Waals surface area contributed by atoms with Gasteiger partial charge in [-0.15, -0.1) is 0 Å². The maximum atomic E-state index is 13.1. The van der Waals surface area contributed by atoms with E-state index in [4.69, 9.17) is 9.59 Å². The SMILES string of the molecule is CCC(NC(=O)c1ccc2ncn(Cc3ccc(-c4ccccc4)cc3)c2c1)c1ccccc1.O=C=O. The predicted molar refractivity (Wildman–Crippen MR) is 143 cm³/mol. The molecule has 6 nitrogen and oxygen atoms in total. The fourth-order valence-electron chi connectivity index (χ4n) is 4.30. The molecule has 0 saturated carbocycles. The number of rotatable bonds is 7. The van der Waals surface area contributed by atoms with Crippen LogP contribution in [0.3, 0.4) is 0 Å². The number of carbonyl (C=O) groups excluding carboxylic acids is 3. The van der Waals surface area contributed by atoms with Crippen LogP contribution in [0.25, 0.3) is 22.2 Å². The average Bonchev–Trinajstić information content (AvgIpc) is 3.35. The number of imidazole rings is 1. The maximum Gasteiger partial charge on any atom is 0.373 e. The fourth-order valence-corrected chi connectivity index (χ4v) is 4.30. The van der Waals surface area contributed by atoms with Gasteiger partial charge in [-0.2, -0.15) is 9.59 Å². The van der Waals surface area contributed by atoms with Gasteiger partial charge < -0.3 is 9.88 Å². The van der Waals surface area contributed by atoms with Crippen LogP contribution in [0.15, 0.2) is 109 Å². The van der Waals surface area contributed by atoms with Crippen LogP contribution in [-0.2, 0) is 16.1 Å². The second-order valence-electron chi connectivity index (χ2n) is 8.57. The van der Waals surface area contributed by atoms with E-state index in [-0.39, 0.29) is 18.1 Å². The molecule has 0 aliphatic rings. The zero-order chi connectivity index (χ0) is 26.0. The molecule has 1 heterocycles. The van der Waals surface area contributed by atoms with E-state index < -0.39 is 0 Å². The summed E-state index contributed by atoms with van der Waals surface area (Å²) in [5, 5.41) is 3.18. The summed E-state index contributed by atoms with van der Waals surface area (Å²) in [5.41, 5.74) is 7.18. The van der Waals surface area contributed by atoms with Gasteiger partial charge in [0, 0.05) is 12.1 Å². The summed E-state index contributed by atoms with van der Waals surface area (Å²) in [6.45, 7) is 2.78. The van der Waals surface area contributed by atoms with Crippen molar-refractivity contribution in [1.29, 1.82) is 0 Å². The molecular formula is C31H27N3O3. The Balaban J connectivity index is 0.00000102. The van der Waals surface area contributed by atoms with Gasteiger partial charge in [-0.05, 0) is 46.9 Å². The molecule has 0 fully saturated rings. The highest BCUT2D eigenvalue weighted by Gasteiger charge is 2.15. The van der Waals surface area contributed by atoms with E-state index in [9.17, 15) is 4.79 Å². The van der Waals surface area contributed by atoms with Crippen LogP contribution in [0.5, 0.6) is 0 Å². The lowest BCUT2D eigenvalue weighted by Gasteiger charge is -2.17. The Hall–Kier alpha value is -4.80. The van der Waals surface area contributed by atoms with Crippen LogP contribution in [0.4, 0.5) is 0 Å². The summed E-state index contributed by atoms with van der Waals surface area (Å²) in [4.78, 5) is 33.8. The predicted octanol–water partition coefficient (Wildman–Crippen LogP) is 6.05. The summed E-state index contributed by atoms with van der Waals surface area (Å²) < 4.78 is 2.10. The van der Waals surface area contributed by atoms with Gasteiger partial charge in [0.1, 0.15) is 0 Å². The van der Waals surface area contributed by atoms with Crippen molar-refractivity contribution < 1.29 is 14.4 Å². The number of hydrogen-bond acceptors (Lipinski definition) is 4. The van der Waals surface area contributed by atoms with Gasteiger partial charge in [-0.25, -0.2) is 4.98 Å². The summed E-state index contributed by atoms with van der Waals surface area (Å²) in [5.74, 6) is -0.0717. The fraction of sp³-hybridized carbons (Fsp3) is 0.129. The molecule has 37 heavy (non-hydrogen) atoms. The molecule has 4 aromatic carbocycles. The Morgan fingerprint density at radius 2 is 1.49 bits per heavy atom. The maximum absolute atomic E-state index is 13.1. The zero-order valence-corrected chi connectivity index (χ0v) is 20.5. The highest BCUT2D eigenvalue weighted by molar-refractivity contribution is 5.97. The molecule has 0 spiro atoms. The van der Waals surface area contributed by atoms with Crippen molar-refractivity contribution >= 4 is 23.1 Å². The van der Waals surface area contributed by atoms with E-state index in [0.717, 1.165) is 23.0 Å². The first kappa shape index (κ1) is 25.3. The minimum atomic E-state index is -0.0717. The first-order valence-corrected chi connectivity index (χ1v) is 12.1. The third-order valence-electron chi connectivity index (χ3n) is 6.21. The van der Waals surface area contributed by atoms with Gasteiger partial charge in [-0.1, -0.05) is 91.9 Å². The molecule has 184 valence electrons. The number of benzene rings is 4. The van der Waals surface area contributed by atoms with Gasteiger partial charge >= 0.3 is 6.15 Å². The minimum Gasteiger partial charge on any atom is -0.345 e. The van der Waals surface area contributed by atoms with Gasteiger partial charge in [0.15, 0.2) is 0 Å². The standard InChI is InChI=1S/C30H27N3O.CO2/c1-2-27(25-11-7-4-8-12-25)32-30(34)26-17-18-28-29(19-26)33(21-31-28)20-22-13-15-24(16-14-22)23-9-5-3-6-10-23;2-1-3/h3-19,21,27H,2,20H2,1H3,(H,32,34);. The number of aromatic nitrogens is 2. The van der Waals surface area contributed by atoms with Gasteiger partial charge in [0.25, 0.3) is 5.91 Å². The number of amides is 1. The first-order valence-electron chi connectivity index (χ1n) is 12.1. The van der Waals surface area contributed by atoms with Crippen molar-refractivity contribution in [2.75, 3.05) is 0 Å². The third kappa shape index (κ3) is 6.26. The molecule has 0 aliphatic carbocycles. The van der Waals surface area contributed by atoms with Crippen molar-refractivity contribution in [3.63, 3.8) is 0 Å². The summed E-state index contributed by atoms with van der Waals surface area (Å²) in [7, 11) is 0. The van der Waals surface area contributed by atoms with Gasteiger partial charge in [-0.3, -0.25) is 4.79 Å². The lowest BCUT2D eigenvalue weighted by molar-refractivity contribution is -0.191. The highest BCUT2D eigenvalue weighted by Crippen LogP contribution is 2.22. The Bertz CT molecular complexity index is 1490. The molecule has 1 amide bonds. The molecule has 5 rings (SSSR count). The Kier molecular flexibility index (Phi) is 8.37. The molecule has 0 bridgehead atoms. The van der Waals surface area contributed by atoms with Crippen molar-refractivity contribution in [3.05, 3.63) is 126 Å². The van der Waals surface area contributed by atoms with Crippen LogP contribution < -0.4 is 5.32 Å². The second-order valence-corrected chi connectivity index (χ2v) is 8.57. The summed E-state index contributed by atoms with van der Waals surface area (Å²) in [6.07, 6.45) is 2.92. The smallest absolute Gasteiger partial charge is 0.345 e. The molecule has 1 unspecified atom stereocenters. The highest BCUT2D eigenvalue weighted by atomic mass is 16.2. The normalized spacial score (nSPS) is 11.2. The number of carbonyl (C=O) groups is 1. The lowest BCUT2D eigenvalue weighted by atomic mass is 10.0. The van der Waals surface area contributed by atoms with Crippen LogP contribution in [0.1, 0.15) is 40.9 Å². The number of hydrogen-bond donors (Lipinski definition) is 1. The van der Waals surface area contributed by atoms with E-state index >= 15 is 0 Å². The van der Waals surface area contributed by atoms with Crippen LogP contribution in [0.2, 0.25) is 0 Å². The monoisotopic (exact) mass is 489 g/mol. The molecule has 1 N–H and O–H groups in total. The summed E-state index contributed by atoms with van der Waals surface area (Å²) in [6, 6.07) is 34.7. The Morgan fingerprint density at radius 1 is 0.865 bits per heavy atom. The molecule has 1 atom stereocenters. The summed E-state index contributed by atoms with van der Waals surface area (Å²) >= 11 is 0. The number of nitrogens with one attached hydrogen (secondary N) is 1. The first-order chi connectivity index (χ1) is 18.1. The lowest BCUT2D eigenvalue weighted by Crippen LogP contribution is -2.28. The zero-order valence-electron chi connectivity index (χ0n) is 20.5. The van der Waals surface area contributed by atoms with E-state index in [1.165, 1.54) is 16.7 Å². The molecule has 6 heteroatoms. The van der Waals surface area contributed by atoms with Gasteiger partial charge in [0.05, 0.1) is 23.4 Å². The van der Waals surface area contributed by atoms with E-state index in [2.05, 4.69) is 82.5 Å². The van der Waals surface area contributed by atoms with Crippen LogP contribution >= 0.6 is 0 Å². The van der Waals surface area contributed by atoms with E-state index in [1.807, 2.05) is 48.8 Å². The molecular weight excluding hydrogens is 462 g/mol. The van der Waals surface area contributed by atoms with Crippen molar-refractivity contribution in [3.8, 4) is 11.1 Å². The third-order valence-corrected chi connectivity index (χ3v) is 6.21. The molecule has 0 aliphatic heterocycles. The topological polar surface area (TPSA) is 81.1 Å². The van der Waals surface area contributed by atoms with Crippen molar-refractivity contribution in [2.24, 2.45) is 0 Å². The number of nitrogens with zero attached hydrogens (tertiary/aromatic N) is 2. The molecule has 0 radical (unpaired) electrons. The van der Waals surface area contributed by atoms with Gasteiger partial charge in [0.2, 0.25) is 0 Å². The second kappa shape index (κ2) is 12.2. The number of fused-ring (bicyclic) bond motifs is 1. The molecule has 1 aromatic heterocycles. The average molecular weight is 490 g/mol. The van der Waals surface area contributed by atoms with Crippen molar-refractivity contribution in [2.45, 2.75) is 25.9 Å². The largest absolute Gasteiger partial charge is 0.373 e. The van der Waals surface area contributed by atoms with Crippen LogP contribution in [-0.4, -0.2) is 21.6 Å². The van der Waals surface area contributed by atoms with E-state index in [0.29, 0.717) is 12.1 Å². The Morgan fingerprint density at radius 3 is 2.14 bits per heavy atom. The van der Waals surface area contributed by atoms with Crippen molar-refractivity contribution in [1.82, 2.24) is 14.9 Å². The molecule has 5 aromatic rings. The van der Waals surface area contributed by atoms with E-state index in [1.54, 1.807) is 0 Å². The minimum absolute atomic E-state index is 0.0163. The Labute approximate surface area is 215 Å².